The number of hydrogen-bond acceptors (Lipinski definition) is 4. The first kappa shape index (κ1) is 22.5. The molecule has 0 atom stereocenters. The first-order valence-corrected chi connectivity index (χ1v) is 12.2. The molecule has 4 nitrogen and oxygen atoms in total. The lowest BCUT2D eigenvalue weighted by Gasteiger charge is -2.25. The Labute approximate surface area is 216 Å². The van der Waals surface area contributed by atoms with E-state index < -0.39 is 0 Å². The molecule has 1 N–H and O–H groups in total. The Morgan fingerprint density at radius 3 is 1.78 bits per heavy atom. The van der Waals surface area contributed by atoms with Crippen LogP contribution in [0.3, 0.4) is 0 Å². The molecular formula is C33H25N3O. The Morgan fingerprint density at radius 2 is 1.14 bits per heavy atom. The van der Waals surface area contributed by atoms with E-state index in [0.717, 1.165) is 50.3 Å². The zero-order valence-corrected chi connectivity index (χ0v) is 20.4. The Kier molecular flexibility index (Phi) is 5.83. The van der Waals surface area contributed by atoms with Gasteiger partial charge < -0.3 is 10.0 Å². The number of benzene rings is 5. The predicted molar refractivity (Wildman–Crippen MR) is 151 cm³/mol. The topological polar surface area (TPSA) is 49.2 Å². The second kappa shape index (κ2) is 9.59. The van der Waals surface area contributed by atoms with Crippen LogP contribution in [0.1, 0.15) is 5.56 Å². The summed E-state index contributed by atoms with van der Waals surface area (Å²) in [5.41, 5.74) is 7.43. The minimum Gasteiger partial charge on any atom is -0.508 e. The molecule has 6 aromatic rings. The van der Waals surface area contributed by atoms with Crippen molar-refractivity contribution >= 4 is 28.0 Å². The second-order valence-corrected chi connectivity index (χ2v) is 8.97. The first-order valence-electron chi connectivity index (χ1n) is 12.2. The lowest BCUT2D eigenvalue weighted by molar-refractivity contribution is 0.472. The Hall–Kier alpha value is -4.96. The molecule has 0 fully saturated rings. The van der Waals surface area contributed by atoms with Gasteiger partial charge in [0.05, 0.1) is 11.2 Å². The van der Waals surface area contributed by atoms with Crippen molar-refractivity contribution in [2.24, 2.45) is 0 Å². The maximum atomic E-state index is 10.4. The minimum atomic E-state index is 0.240. The zero-order valence-electron chi connectivity index (χ0n) is 20.4. The molecular weight excluding hydrogens is 454 g/mol. The van der Waals surface area contributed by atoms with Gasteiger partial charge in [-0.05, 0) is 61.0 Å². The molecule has 178 valence electrons. The lowest BCUT2D eigenvalue weighted by Crippen LogP contribution is -2.09. The average molecular weight is 480 g/mol. The highest BCUT2D eigenvalue weighted by molar-refractivity contribution is 5.95. The molecule has 1 heterocycles. The number of anilines is 3. The highest BCUT2D eigenvalue weighted by Gasteiger charge is 2.16. The molecule has 0 saturated heterocycles. The van der Waals surface area contributed by atoms with E-state index in [0.29, 0.717) is 5.82 Å². The Balaban J connectivity index is 1.54. The van der Waals surface area contributed by atoms with Crippen molar-refractivity contribution in [1.82, 2.24) is 9.97 Å². The van der Waals surface area contributed by atoms with Crippen molar-refractivity contribution in [3.8, 4) is 28.4 Å². The van der Waals surface area contributed by atoms with Crippen LogP contribution in [-0.4, -0.2) is 15.1 Å². The van der Waals surface area contributed by atoms with Gasteiger partial charge in [-0.3, -0.25) is 0 Å². The van der Waals surface area contributed by atoms with Crippen LogP contribution in [0.2, 0.25) is 0 Å². The molecule has 0 spiro atoms. The third-order valence-electron chi connectivity index (χ3n) is 6.45. The first-order chi connectivity index (χ1) is 18.2. The van der Waals surface area contributed by atoms with E-state index in [1.807, 2.05) is 91.9 Å². The molecule has 0 unspecified atom stereocenters. The maximum absolute atomic E-state index is 10.4. The predicted octanol–water partition coefficient (Wildman–Crippen LogP) is 8.45. The molecule has 1 aromatic heterocycles. The number of fused-ring (bicyclic) bond motifs is 1. The van der Waals surface area contributed by atoms with E-state index in [2.05, 4.69) is 41.3 Å². The minimum absolute atomic E-state index is 0.240. The van der Waals surface area contributed by atoms with E-state index in [9.17, 15) is 5.11 Å². The molecule has 37 heavy (non-hydrogen) atoms. The standard InChI is InChI=1S/C33H25N3O/c1-23-20-30-29(22-31(23)37)32(24-12-5-2-6-13-24)35-33(34-30)25-14-11-19-28(21-25)36(26-15-7-3-8-16-26)27-17-9-4-10-18-27/h2-22,37H,1H3. The molecule has 0 radical (unpaired) electrons. The molecule has 4 heteroatoms. The van der Waals surface area contributed by atoms with E-state index >= 15 is 0 Å². The van der Waals surface area contributed by atoms with Crippen LogP contribution in [0, 0.1) is 6.92 Å². The molecule has 0 aliphatic heterocycles. The maximum Gasteiger partial charge on any atom is 0.160 e. The number of nitrogens with zero attached hydrogens (tertiary/aromatic N) is 3. The molecule has 0 saturated carbocycles. The van der Waals surface area contributed by atoms with Gasteiger partial charge in [-0.15, -0.1) is 0 Å². The normalized spacial score (nSPS) is 10.9. The lowest BCUT2D eigenvalue weighted by atomic mass is 10.0. The molecule has 0 aliphatic rings. The van der Waals surface area contributed by atoms with Crippen molar-refractivity contribution < 1.29 is 5.11 Å². The molecule has 0 aliphatic carbocycles. The van der Waals surface area contributed by atoms with Gasteiger partial charge in [-0.25, -0.2) is 9.97 Å². The van der Waals surface area contributed by atoms with Crippen LogP contribution >= 0.6 is 0 Å². The number of aryl methyl sites for hydroxylation is 1. The summed E-state index contributed by atoms with van der Waals surface area (Å²) in [7, 11) is 0. The van der Waals surface area contributed by atoms with Gasteiger partial charge in [0.25, 0.3) is 0 Å². The number of aromatic nitrogens is 2. The summed E-state index contributed by atoms with van der Waals surface area (Å²) in [5.74, 6) is 0.878. The van der Waals surface area contributed by atoms with Crippen molar-refractivity contribution in [2.75, 3.05) is 4.90 Å². The fourth-order valence-corrected chi connectivity index (χ4v) is 4.60. The summed E-state index contributed by atoms with van der Waals surface area (Å²) < 4.78 is 0. The van der Waals surface area contributed by atoms with E-state index in [-0.39, 0.29) is 5.75 Å². The van der Waals surface area contributed by atoms with Crippen molar-refractivity contribution in [3.05, 3.63) is 133 Å². The summed E-state index contributed by atoms with van der Waals surface area (Å²) in [6.45, 7) is 1.89. The van der Waals surface area contributed by atoms with E-state index in [4.69, 9.17) is 9.97 Å². The molecule has 0 amide bonds. The summed E-state index contributed by atoms with van der Waals surface area (Å²) in [6, 6.07) is 42.7. The SMILES string of the molecule is Cc1cc2nc(-c3cccc(N(c4ccccc4)c4ccccc4)c3)nc(-c3ccccc3)c2cc1O. The quantitative estimate of drug-likeness (QED) is 0.269. The summed E-state index contributed by atoms with van der Waals surface area (Å²) in [4.78, 5) is 12.2. The van der Waals surface area contributed by atoms with Crippen LogP contribution in [0.25, 0.3) is 33.5 Å². The highest BCUT2D eigenvalue weighted by Crippen LogP contribution is 2.37. The summed E-state index contributed by atoms with van der Waals surface area (Å²) in [5, 5.41) is 11.3. The molecule has 6 rings (SSSR count). The van der Waals surface area contributed by atoms with E-state index in [1.54, 1.807) is 6.07 Å². The van der Waals surface area contributed by atoms with Gasteiger partial charge in [-0.2, -0.15) is 0 Å². The summed E-state index contributed by atoms with van der Waals surface area (Å²) >= 11 is 0. The van der Waals surface area contributed by atoms with Crippen LogP contribution < -0.4 is 4.90 Å². The Morgan fingerprint density at radius 1 is 0.568 bits per heavy atom. The van der Waals surface area contributed by atoms with Gasteiger partial charge in [-0.1, -0.05) is 78.9 Å². The third-order valence-corrected chi connectivity index (χ3v) is 6.45. The number of rotatable bonds is 5. The second-order valence-electron chi connectivity index (χ2n) is 8.97. The van der Waals surface area contributed by atoms with Crippen molar-refractivity contribution in [1.29, 1.82) is 0 Å². The van der Waals surface area contributed by atoms with E-state index in [1.165, 1.54) is 0 Å². The number of aromatic hydroxyl groups is 1. The van der Waals surface area contributed by atoms with Crippen LogP contribution in [0.15, 0.2) is 127 Å². The third kappa shape index (κ3) is 4.41. The van der Waals surface area contributed by atoms with Gasteiger partial charge in [0.1, 0.15) is 5.75 Å². The summed E-state index contributed by atoms with van der Waals surface area (Å²) in [6.07, 6.45) is 0. The largest absolute Gasteiger partial charge is 0.508 e. The van der Waals surface area contributed by atoms with Crippen molar-refractivity contribution in [2.45, 2.75) is 6.92 Å². The number of phenols is 1. The van der Waals surface area contributed by atoms with Crippen LogP contribution in [-0.2, 0) is 0 Å². The van der Waals surface area contributed by atoms with Gasteiger partial charge in [0, 0.05) is 33.6 Å². The Bertz CT molecular complexity index is 1640. The van der Waals surface area contributed by atoms with Crippen LogP contribution in [0.5, 0.6) is 5.75 Å². The van der Waals surface area contributed by atoms with Crippen LogP contribution in [0.4, 0.5) is 17.1 Å². The fraction of sp³-hybridized carbons (Fsp3) is 0.0303. The van der Waals surface area contributed by atoms with Gasteiger partial charge >= 0.3 is 0 Å². The number of phenolic OH excluding ortho intramolecular Hbond substituents is 1. The smallest absolute Gasteiger partial charge is 0.160 e. The zero-order chi connectivity index (χ0) is 25.2. The monoisotopic (exact) mass is 479 g/mol. The van der Waals surface area contributed by atoms with Gasteiger partial charge in [0.2, 0.25) is 0 Å². The number of para-hydroxylation sites is 2. The van der Waals surface area contributed by atoms with Gasteiger partial charge in [0.15, 0.2) is 5.82 Å². The fourth-order valence-electron chi connectivity index (χ4n) is 4.60. The van der Waals surface area contributed by atoms with Crippen molar-refractivity contribution in [3.63, 3.8) is 0 Å². The number of hydrogen-bond donors (Lipinski definition) is 1. The molecule has 0 bridgehead atoms. The average Bonchev–Trinajstić information content (AvgIpc) is 2.95. The highest BCUT2D eigenvalue weighted by atomic mass is 16.3. The molecule has 5 aromatic carbocycles.